The molecule has 0 heterocycles. The molecule has 0 aliphatic rings. The van der Waals surface area contributed by atoms with Crippen LogP contribution in [0, 0.1) is 5.92 Å². The van der Waals surface area contributed by atoms with Crippen molar-refractivity contribution in [2.75, 3.05) is 27.2 Å². The number of allylic oxidation sites excluding steroid dienone is 6. The summed E-state index contributed by atoms with van der Waals surface area (Å²) in [4.78, 5) is 2.29. The Morgan fingerprint density at radius 2 is 0.875 bits per heavy atom. The van der Waals surface area contributed by atoms with Gasteiger partial charge in [-0.05, 0) is 136 Å². The zero-order valence-electron chi connectivity index (χ0n) is 28.2. The third-order valence-corrected chi connectivity index (χ3v) is 8.03. The second-order valence-corrected chi connectivity index (χ2v) is 12.4. The Kier molecular flexibility index (Phi) is 31.9. The van der Waals surface area contributed by atoms with Crippen molar-refractivity contribution in [1.29, 1.82) is 0 Å². The molecule has 0 aromatic carbocycles. The fourth-order valence-corrected chi connectivity index (χ4v) is 5.41. The highest BCUT2D eigenvalue weighted by Gasteiger charge is 2.21. The van der Waals surface area contributed by atoms with E-state index < -0.39 is 0 Å². The third kappa shape index (κ3) is 28.7. The molecule has 0 rings (SSSR count). The predicted molar refractivity (Wildman–Crippen MR) is 182 cm³/mol. The topological polar surface area (TPSA) is 12.5 Å². The summed E-state index contributed by atoms with van der Waals surface area (Å²) in [7, 11) is 4.35. The van der Waals surface area contributed by atoms with Crippen LogP contribution in [0.4, 0.5) is 0 Å². The van der Waals surface area contributed by atoms with Crippen molar-refractivity contribution in [3.63, 3.8) is 0 Å². The molecule has 0 aliphatic carbocycles. The van der Waals surface area contributed by atoms with Crippen LogP contribution >= 0.6 is 0 Å². The summed E-state index contributed by atoms with van der Waals surface area (Å²) >= 11 is 0. The zero-order valence-corrected chi connectivity index (χ0v) is 28.2. The minimum atomic E-state index is 0.426. The molecule has 0 saturated carbocycles. The van der Waals surface area contributed by atoms with Gasteiger partial charge in [0, 0.05) is 6.61 Å². The van der Waals surface area contributed by atoms with Gasteiger partial charge in [-0.1, -0.05) is 95.8 Å². The number of hydrogen-bond donors (Lipinski definition) is 0. The summed E-state index contributed by atoms with van der Waals surface area (Å²) in [6.45, 7) is 8.95. The molecule has 2 heteroatoms. The van der Waals surface area contributed by atoms with E-state index in [4.69, 9.17) is 4.74 Å². The van der Waals surface area contributed by atoms with Crippen LogP contribution in [0.15, 0.2) is 36.5 Å². The van der Waals surface area contributed by atoms with Gasteiger partial charge >= 0.3 is 0 Å². The molecule has 1 unspecified atom stereocenters. The lowest BCUT2D eigenvalue weighted by Gasteiger charge is -2.28. The Morgan fingerprint density at radius 3 is 1.27 bits per heavy atom. The monoisotopic (exact) mass is 560 g/mol. The largest absolute Gasteiger partial charge is 0.378 e. The number of rotatable bonds is 31. The number of unbranched alkanes of at least 4 members (excludes halogenated alkanes) is 13. The van der Waals surface area contributed by atoms with Crippen molar-refractivity contribution in [3.8, 4) is 0 Å². The molecular formula is C38H73NO. The second kappa shape index (κ2) is 32.7. The molecule has 1 atom stereocenters. The van der Waals surface area contributed by atoms with Crippen LogP contribution in [-0.4, -0.2) is 38.3 Å². The van der Waals surface area contributed by atoms with Crippen molar-refractivity contribution in [2.45, 2.75) is 175 Å². The molecule has 0 saturated heterocycles. The highest BCUT2D eigenvalue weighted by atomic mass is 16.5. The summed E-state index contributed by atoms with van der Waals surface area (Å²) in [5.41, 5.74) is 0. The number of hydrogen-bond acceptors (Lipinski definition) is 2. The highest BCUT2D eigenvalue weighted by molar-refractivity contribution is 4.85. The maximum Gasteiger partial charge on any atom is 0.0603 e. The summed E-state index contributed by atoms with van der Waals surface area (Å²) in [6.07, 6.45) is 44.7. The fourth-order valence-electron chi connectivity index (χ4n) is 5.41. The lowest BCUT2D eigenvalue weighted by molar-refractivity contribution is -0.00287. The first kappa shape index (κ1) is 39.1. The molecular weight excluding hydrogens is 486 g/mol. The average Bonchev–Trinajstić information content (AvgIpc) is 2.94. The molecule has 0 bridgehead atoms. The number of ether oxygens (including phenoxy) is 1. The molecule has 0 radical (unpaired) electrons. The first-order chi connectivity index (χ1) is 19.7. The Balaban J connectivity index is 4.93. The smallest absolute Gasteiger partial charge is 0.0603 e. The summed E-state index contributed by atoms with van der Waals surface area (Å²) in [5.74, 6) is 0.698. The van der Waals surface area contributed by atoms with Crippen LogP contribution < -0.4 is 0 Å². The minimum Gasteiger partial charge on any atom is -0.378 e. The van der Waals surface area contributed by atoms with Crippen molar-refractivity contribution in [1.82, 2.24) is 4.90 Å². The molecule has 0 amide bonds. The van der Waals surface area contributed by atoms with Gasteiger partial charge in [-0.3, -0.25) is 0 Å². The predicted octanol–water partition coefficient (Wildman–Crippen LogP) is 12.2. The lowest BCUT2D eigenvalue weighted by atomic mass is 9.87. The Hall–Kier alpha value is -0.860. The highest BCUT2D eigenvalue weighted by Crippen LogP contribution is 2.27. The number of nitrogens with zero attached hydrogens (tertiary/aromatic N) is 1. The Labute approximate surface area is 253 Å². The first-order valence-corrected chi connectivity index (χ1v) is 17.9. The van der Waals surface area contributed by atoms with E-state index in [0.717, 1.165) is 13.2 Å². The fraction of sp³-hybridized carbons (Fsp3) is 0.842. The first-order valence-electron chi connectivity index (χ1n) is 17.9. The van der Waals surface area contributed by atoms with Crippen molar-refractivity contribution in [3.05, 3.63) is 36.5 Å². The van der Waals surface area contributed by atoms with Gasteiger partial charge in [0.1, 0.15) is 0 Å². The summed E-state index contributed by atoms with van der Waals surface area (Å²) in [5, 5.41) is 0. The maximum atomic E-state index is 6.71. The SMILES string of the molecule is CCCCC/C=C\CCCC(CCC/C=C\CCCCC)C(CCC/C=C\CCCCC)OCCCCN(C)C. The van der Waals surface area contributed by atoms with E-state index in [1.54, 1.807) is 0 Å². The molecule has 0 N–H and O–H groups in total. The van der Waals surface area contributed by atoms with Crippen LogP contribution in [0.1, 0.15) is 168 Å². The van der Waals surface area contributed by atoms with Crippen molar-refractivity contribution >= 4 is 0 Å². The Morgan fingerprint density at radius 1 is 0.475 bits per heavy atom. The van der Waals surface area contributed by atoms with Crippen LogP contribution in [-0.2, 0) is 4.74 Å². The van der Waals surface area contributed by atoms with E-state index in [-0.39, 0.29) is 0 Å². The van der Waals surface area contributed by atoms with E-state index in [0.29, 0.717) is 12.0 Å². The van der Waals surface area contributed by atoms with Crippen molar-refractivity contribution in [2.24, 2.45) is 5.92 Å². The third-order valence-electron chi connectivity index (χ3n) is 8.03. The van der Waals surface area contributed by atoms with Gasteiger partial charge in [0.15, 0.2) is 0 Å². The maximum absolute atomic E-state index is 6.71. The van der Waals surface area contributed by atoms with Gasteiger partial charge < -0.3 is 9.64 Å². The zero-order chi connectivity index (χ0) is 29.4. The standard InChI is InChI=1S/C38H73NO/c1-6-9-12-15-18-21-24-27-32-37(33-28-25-22-19-16-13-10-7-2)38(40-36-31-30-35-39(4)5)34-29-26-23-20-17-14-11-8-3/h18-23,37-38H,6-17,24-36H2,1-5H3/b21-18-,22-19-,23-20-. The van der Waals surface area contributed by atoms with E-state index in [2.05, 4.69) is 76.2 Å². The summed E-state index contributed by atoms with van der Waals surface area (Å²) in [6, 6.07) is 0. The van der Waals surface area contributed by atoms with Crippen LogP contribution in [0.5, 0.6) is 0 Å². The average molecular weight is 560 g/mol. The van der Waals surface area contributed by atoms with E-state index in [1.165, 1.54) is 148 Å². The van der Waals surface area contributed by atoms with E-state index >= 15 is 0 Å². The second-order valence-electron chi connectivity index (χ2n) is 12.4. The van der Waals surface area contributed by atoms with E-state index in [1.807, 2.05) is 0 Å². The van der Waals surface area contributed by atoms with Gasteiger partial charge in [-0.2, -0.15) is 0 Å². The minimum absolute atomic E-state index is 0.426. The molecule has 40 heavy (non-hydrogen) atoms. The normalized spacial score (nSPS) is 13.3. The van der Waals surface area contributed by atoms with E-state index in [9.17, 15) is 0 Å². The molecule has 236 valence electrons. The Bertz CT molecular complexity index is 538. The quantitative estimate of drug-likeness (QED) is 0.0618. The van der Waals surface area contributed by atoms with Gasteiger partial charge in [0.2, 0.25) is 0 Å². The van der Waals surface area contributed by atoms with Gasteiger partial charge in [0.05, 0.1) is 6.10 Å². The van der Waals surface area contributed by atoms with Gasteiger partial charge in [0.25, 0.3) is 0 Å². The van der Waals surface area contributed by atoms with Gasteiger partial charge in [-0.25, -0.2) is 0 Å². The van der Waals surface area contributed by atoms with Crippen LogP contribution in [0.3, 0.4) is 0 Å². The van der Waals surface area contributed by atoms with Gasteiger partial charge in [-0.15, -0.1) is 0 Å². The molecule has 0 aromatic rings. The molecule has 0 fully saturated rings. The molecule has 0 aromatic heterocycles. The lowest BCUT2D eigenvalue weighted by Crippen LogP contribution is -2.25. The van der Waals surface area contributed by atoms with Crippen molar-refractivity contribution < 1.29 is 4.74 Å². The molecule has 2 nitrogen and oxygen atoms in total. The summed E-state index contributed by atoms with van der Waals surface area (Å²) < 4.78 is 6.71. The molecule has 0 spiro atoms. The molecule has 0 aliphatic heterocycles. The van der Waals surface area contributed by atoms with Crippen LogP contribution in [0.2, 0.25) is 0 Å². The van der Waals surface area contributed by atoms with Crippen LogP contribution in [0.25, 0.3) is 0 Å².